The van der Waals surface area contributed by atoms with Gasteiger partial charge in [-0.2, -0.15) is 5.26 Å². The van der Waals surface area contributed by atoms with Crippen molar-refractivity contribution in [2.24, 2.45) is 5.92 Å². The van der Waals surface area contributed by atoms with Crippen LogP contribution in [0.1, 0.15) is 62.9 Å². The fraction of sp³-hybridized carbons (Fsp3) is 0.591. The normalized spacial score (nSPS) is 15.4. The van der Waals surface area contributed by atoms with Crippen molar-refractivity contribution in [1.82, 2.24) is 9.88 Å². The molecule has 0 unspecified atom stereocenters. The van der Waals surface area contributed by atoms with E-state index in [2.05, 4.69) is 23.7 Å². The number of nitrogens with zero attached hydrogens (tertiary/aromatic N) is 2. The average Bonchev–Trinajstić information content (AvgIpc) is 2.92. The van der Waals surface area contributed by atoms with E-state index in [1.54, 1.807) is 6.08 Å². The van der Waals surface area contributed by atoms with Gasteiger partial charge in [-0.05, 0) is 50.3 Å². The van der Waals surface area contributed by atoms with Crippen molar-refractivity contribution >= 4 is 18.0 Å². The van der Waals surface area contributed by atoms with Gasteiger partial charge in [0.25, 0.3) is 5.91 Å². The maximum Gasteiger partial charge on any atom is 0.349 e. The number of aromatic nitrogens is 1. The van der Waals surface area contributed by atoms with Crippen LogP contribution in [0.4, 0.5) is 0 Å². The molecule has 6 heteroatoms. The first kappa shape index (κ1) is 21.7. The molecule has 0 atom stereocenters. The molecule has 2 rings (SSSR count). The summed E-state index contributed by atoms with van der Waals surface area (Å²) in [5, 5.41) is 12.3. The van der Waals surface area contributed by atoms with E-state index in [0.717, 1.165) is 49.2 Å². The number of nitrogens with one attached hydrogen (secondary N) is 1. The first-order valence-electron chi connectivity index (χ1n) is 10.1. The van der Waals surface area contributed by atoms with E-state index in [4.69, 9.17) is 4.74 Å². The van der Waals surface area contributed by atoms with Crippen LogP contribution in [0.25, 0.3) is 6.08 Å². The molecular weight excluding hydrogens is 354 g/mol. The van der Waals surface area contributed by atoms with Gasteiger partial charge in [0.2, 0.25) is 0 Å². The van der Waals surface area contributed by atoms with E-state index in [0.29, 0.717) is 5.92 Å². The topological polar surface area (TPSA) is 84.1 Å². The van der Waals surface area contributed by atoms with Gasteiger partial charge in [-0.25, -0.2) is 4.79 Å². The third-order valence-electron chi connectivity index (χ3n) is 5.11. The number of esters is 1. The second-order valence-electron chi connectivity index (χ2n) is 7.98. The number of aryl methyl sites for hydroxylation is 1. The molecule has 1 saturated carbocycles. The van der Waals surface area contributed by atoms with Crippen LogP contribution < -0.4 is 5.32 Å². The lowest BCUT2D eigenvalue weighted by Gasteiger charge is -2.22. The van der Waals surface area contributed by atoms with Crippen LogP contribution in [0.2, 0.25) is 0 Å². The summed E-state index contributed by atoms with van der Waals surface area (Å²) < 4.78 is 7.24. The van der Waals surface area contributed by atoms with Crippen LogP contribution in [0, 0.1) is 31.1 Å². The fourth-order valence-electron chi connectivity index (χ4n) is 3.64. The number of hydrogen-bond donors (Lipinski definition) is 1. The molecule has 1 aromatic rings. The lowest BCUT2D eigenvalue weighted by molar-refractivity contribution is -0.144. The molecule has 0 aromatic carbocycles. The second kappa shape index (κ2) is 10.1. The molecule has 152 valence electrons. The SMILES string of the molecule is Cc1cc(C=C(C#N)C(=O)OCC(=O)NC2CCCCC2)c(C)n1CC(C)C. The molecule has 1 aromatic heterocycles. The van der Waals surface area contributed by atoms with Gasteiger partial charge in [0, 0.05) is 24.0 Å². The van der Waals surface area contributed by atoms with Gasteiger partial charge in [0.05, 0.1) is 0 Å². The van der Waals surface area contributed by atoms with Gasteiger partial charge in [0.1, 0.15) is 11.6 Å². The molecule has 0 radical (unpaired) electrons. The van der Waals surface area contributed by atoms with Crippen LogP contribution in [-0.4, -0.2) is 29.1 Å². The maximum absolute atomic E-state index is 12.3. The number of carbonyl (C=O) groups is 2. The summed E-state index contributed by atoms with van der Waals surface area (Å²) in [6.45, 7) is 8.78. The van der Waals surface area contributed by atoms with Crippen molar-refractivity contribution in [2.45, 2.75) is 72.4 Å². The van der Waals surface area contributed by atoms with E-state index < -0.39 is 5.97 Å². The van der Waals surface area contributed by atoms with Crippen molar-refractivity contribution in [2.75, 3.05) is 6.61 Å². The zero-order valence-corrected chi connectivity index (χ0v) is 17.4. The summed E-state index contributed by atoms with van der Waals surface area (Å²) in [5.41, 5.74) is 2.80. The third-order valence-corrected chi connectivity index (χ3v) is 5.11. The monoisotopic (exact) mass is 385 g/mol. The molecule has 0 aliphatic heterocycles. The Balaban J connectivity index is 1.99. The number of carbonyl (C=O) groups excluding carboxylic acids is 2. The van der Waals surface area contributed by atoms with E-state index >= 15 is 0 Å². The quantitative estimate of drug-likeness (QED) is 0.441. The Kier molecular flexibility index (Phi) is 7.86. The predicted octanol–water partition coefficient (Wildman–Crippen LogP) is 3.66. The highest BCUT2D eigenvalue weighted by Crippen LogP contribution is 2.20. The Morgan fingerprint density at radius 3 is 2.61 bits per heavy atom. The van der Waals surface area contributed by atoms with E-state index in [9.17, 15) is 14.9 Å². The molecule has 0 saturated heterocycles. The molecule has 1 heterocycles. The molecular formula is C22H31N3O3. The summed E-state index contributed by atoms with van der Waals surface area (Å²) in [7, 11) is 0. The summed E-state index contributed by atoms with van der Waals surface area (Å²) in [4.78, 5) is 24.3. The van der Waals surface area contributed by atoms with Gasteiger partial charge in [-0.3, -0.25) is 4.79 Å². The zero-order chi connectivity index (χ0) is 20.7. The number of ether oxygens (including phenoxy) is 1. The fourth-order valence-corrected chi connectivity index (χ4v) is 3.64. The number of nitriles is 1. The van der Waals surface area contributed by atoms with Crippen molar-refractivity contribution < 1.29 is 14.3 Å². The van der Waals surface area contributed by atoms with Crippen LogP contribution in [-0.2, 0) is 20.9 Å². The minimum Gasteiger partial charge on any atom is -0.451 e. The number of rotatable bonds is 7. The number of amides is 1. The number of hydrogen-bond acceptors (Lipinski definition) is 4. The largest absolute Gasteiger partial charge is 0.451 e. The Bertz CT molecular complexity index is 778. The first-order valence-corrected chi connectivity index (χ1v) is 10.1. The van der Waals surface area contributed by atoms with Crippen LogP contribution in [0.5, 0.6) is 0 Å². The highest BCUT2D eigenvalue weighted by molar-refractivity contribution is 5.99. The van der Waals surface area contributed by atoms with E-state index in [1.165, 1.54) is 6.42 Å². The average molecular weight is 386 g/mol. The van der Waals surface area contributed by atoms with Crippen molar-refractivity contribution in [3.05, 3.63) is 28.6 Å². The lowest BCUT2D eigenvalue weighted by Crippen LogP contribution is -2.38. The molecule has 0 spiro atoms. The highest BCUT2D eigenvalue weighted by Gasteiger charge is 2.18. The van der Waals surface area contributed by atoms with Gasteiger partial charge in [-0.1, -0.05) is 33.1 Å². The van der Waals surface area contributed by atoms with Gasteiger partial charge < -0.3 is 14.6 Å². The molecule has 1 fully saturated rings. The summed E-state index contributed by atoms with van der Waals surface area (Å²) in [5.74, 6) is -0.590. The first-order chi connectivity index (χ1) is 13.3. The van der Waals surface area contributed by atoms with Crippen LogP contribution in [0.3, 0.4) is 0 Å². The van der Waals surface area contributed by atoms with Crippen LogP contribution in [0.15, 0.2) is 11.6 Å². The van der Waals surface area contributed by atoms with Crippen molar-refractivity contribution in [3.63, 3.8) is 0 Å². The summed E-state index contributed by atoms with van der Waals surface area (Å²) in [6, 6.07) is 4.02. The standard InChI is InChI=1S/C22H31N3O3/c1-15(2)13-25-16(3)10-18(17(25)4)11-19(12-23)22(27)28-14-21(26)24-20-8-6-5-7-9-20/h10-11,15,20H,5-9,13-14H2,1-4H3,(H,24,26). The molecule has 0 bridgehead atoms. The molecule has 1 N–H and O–H groups in total. The van der Waals surface area contributed by atoms with Gasteiger partial charge in [-0.15, -0.1) is 0 Å². The lowest BCUT2D eigenvalue weighted by atomic mass is 9.95. The Morgan fingerprint density at radius 1 is 1.32 bits per heavy atom. The molecule has 1 amide bonds. The Hall–Kier alpha value is -2.55. The van der Waals surface area contributed by atoms with Crippen molar-refractivity contribution in [1.29, 1.82) is 5.26 Å². The Labute approximate surface area is 167 Å². The molecule has 1 aliphatic carbocycles. The third kappa shape index (κ3) is 5.98. The zero-order valence-electron chi connectivity index (χ0n) is 17.4. The van der Waals surface area contributed by atoms with E-state index in [-0.39, 0.29) is 24.1 Å². The smallest absolute Gasteiger partial charge is 0.349 e. The second-order valence-corrected chi connectivity index (χ2v) is 7.98. The van der Waals surface area contributed by atoms with Crippen LogP contribution >= 0.6 is 0 Å². The van der Waals surface area contributed by atoms with Gasteiger partial charge >= 0.3 is 5.97 Å². The minimum absolute atomic E-state index is 0.102. The maximum atomic E-state index is 12.3. The molecule has 28 heavy (non-hydrogen) atoms. The minimum atomic E-state index is -0.769. The van der Waals surface area contributed by atoms with Crippen molar-refractivity contribution in [3.8, 4) is 6.07 Å². The molecule has 1 aliphatic rings. The van der Waals surface area contributed by atoms with Gasteiger partial charge in [0.15, 0.2) is 6.61 Å². The van der Waals surface area contributed by atoms with E-state index in [1.807, 2.05) is 26.0 Å². The molecule has 6 nitrogen and oxygen atoms in total. The summed E-state index contributed by atoms with van der Waals surface area (Å²) in [6.07, 6.45) is 6.91. The Morgan fingerprint density at radius 2 is 2.00 bits per heavy atom. The highest BCUT2D eigenvalue weighted by atomic mass is 16.5. The predicted molar refractivity (Wildman–Crippen MR) is 108 cm³/mol. The summed E-state index contributed by atoms with van der Waals surface area (Å²) >= 11 is 0.